The number of ether oxygens (including phenoxy) is 2. The fraction of sp³-hybridized carbons (Fsp3) is 0.500. The zero-order valence-electron chi connectivity index (χ0n) is 10.3. The second-order valence-corrected chi connectivity index (χ2v) is 4.56. The molecule has 0 N–H and O–H groups in total. The molecule has 0 aromatic heterocycles. The molecule has 1 heterocycles. The number of carbonyl (C=O) groups is 1. The van der Waals surface area contributed by atoms with Crippen LogP contribution in [0.1, 0.15) is 37.0 Å². The van der Waals surface area contributed by atoms with Crippen LogP contribution in [-0.4, -0.2) is 24.6 Å². The van der Waals surface area contributed by atoms with Crippen LogP contribution in [0.3, 0.4) is 0 Å². The topological polar surface area (TPSA) is 35.5 Å². The predicted molar refractivity (Wildman–Crippen MR) is 65.5 cm³/mol. The van der Waals surface area contributed by atoms with Crippen LogP contribution in [0.5, 0.6) is 5.75 Å². The summed E-state index contributed by atoms with van der Waals surface area (Å²) < 4.78 is 10.9. The van der Waals surface area contributed by atoms with Gasteiger partial charge in [-0.3, -0.25) is 4.79 Å². The lowest BCUT2D eigenvalue weighted by molar-refractivity contribution is 0.0643. The molecule has 0 spiro atoms. The van der Waals surface area contributed by atoms with Crippen LogP contribution >= 0.6 is 0 Å². The van der Waals surface area contributed by atoms with Crippen molar-refractivity contribution in [2.45, 2.75) is 38.9 Å². The maximum Gasteiger partial charge on any atom is 0.191 e. The van der Waals surface area contributed by atoms with Gasteiger partial charge in [-0.25, -0.2) is 0 Å². The molecule has 17 heavy (non-hydrogen) atoms. The van der Waals surface area contributed by atoms with Gasteiger partial charge in [0.2, 0.25) is 0 Å². The molecule has 0 bridgehead atoms. The average molecular weight is 234 g/mol. The molecule has 1 saturated heterocycles. The third-order valence-electron chi connectivity index (χ3n) is 2.73. The molecule has 92 valence electrons. The van der Waals surface area contributed by atoms with E-state index in [9.17, 15) is 4.79 Å². The zero-order chi connectivity index (χ0) is 12.3. The van der Waals surface area contributed by atoms with Crippen LogP contribution in [0.2, 0.25) is 0 Å². The normalized spacial score (nSPS) is 19.6. The first kappa shape index (κ1) is 12.1. The molecule has 1 atom stereocenters. The Morgan fingerprint density at radius 2 is 2.06 bits per heavy atom. The van der Waals surface area contributed by atoms with Gasteiger partial charge >= 0.3 is 0 Å². The Bertz CT molecular complexity index is 375. The van der Waals surface area contributed by atoms with Crippen molar-refractivity contribution in [1.29, 1.82) is 0 Å². The number of carbonyl (C=O) groups excluding carboxylic acids is 1. The quantitative estimate of drug-likeness (QED) is 0.751. The number of rotatable bonds is 4. The van der Waals surface area contributed by atoms with Crippen molar-refractivity contribution in [3.8, 4) is 5.75 Å². The van der Waals surface area contributed by atoms with Gasteiger partial charge in [0.05, 0.1) is 6.10 Å². The van der Waals surface area contributed by atoms with Gasteiger partial charge in [-0.15, -0.1) is 0 Å². The van der Waals surface area contributed by atoms with E-state index >= 15 is 0 Å². The number of ketones is 1. The van der Waals surface area contributed by atoms with Crippen LogP contribution in [0, 0.1) is 0 Å². The van der Waals surface area contributed by atoms with Gasteiger partial charge in [-0.05, 0) is 51.0 Å². The van der Waals surface area contributed by atoms with Crippen molar-refractivity contribution in [1.82, 2.24) is 0 Å². The summed E-state index contributed by atoms with van der Waals surface area (Å²) in [6, 6.07) is 7.29. The van der Waals surface area contributed by atoms with Gasteiger partial charge in [0, 0.05) is 12.2 Å². The van der Waals surface area contributed by atoms with E-state index < -0.39 is 0 Å². The molecular weight excluding hydrogens is 216 g/mol. The molecule has 1 aromatic carbocycles. The molecule has 1 fully saturated rings. The summed E-state index contributed by atoms with van der Waals surface area (Å²) in [6.45, 7) is 4.65. The highest BCUT2D eigenvalue weighted by molar-refractivity contribution is 5.99. The van der Waals surface area contributed by atoms with Gasteiger partial charge in [0.15, 0.2) is 5.78 Å². The molecular formula is C14H18O3. The first-order valence-corrected chi connectivity index (χ1v) is 6.09. The van der Waals surface area contributed by atoms with Crippen LogP contribution in [0.15, 0.2) is 24.3 Å². The lowest BCUT2D eigenvalue weighted by atomic mass is 10.0. The largest absolute Gasteiger partial charge is 0.491 e. The van der Waals surface area contributed by atoms with Crippen LogP contribution in [0.4, 0.5) is 0 Å². The second-order valence-electron chi connectivity index (χ2n) is 4.56. The third-order valence-corrected chi connectivity index (χ3v) is 2.73. The standard InChI is InChI=1S/C14H18O3/c1-10(2)17-12-7-5-11(6-8-12)14(15)13-4-3-9-16-13/h5-8,10,13H,3-4,9H2,1-2H3. The van der Waals surface area contributed by atoms with E-state index in [0.717, 1.165) is 18.6 Å². The Balaban J connectivity index is 2.04. The van der Waals surface area contributed by atoms with E-state index in [-0.39, 0.29) is 18.0 Å². The van der Waals surface area contributed by atoms with Crippen molar-refractivity contribution in [2.24, 2.45) is 0 Å². The Morgan fingerprint density at radius 1 is 1.35 bits per heavy atom. The van der Waals surface area contributed by atoms with Gasteiger partial charge in [0.25, 0.3) is 0 Å². The Hall–Kier alpha value is -1.35. The fourth-order valence-electron chi connectivity index (χ4n) is 1.94. The third kappa shape index (κ3) is 3.07. The SMILES string of the molecule is CC(C)Oc1ccc(C(=O)C2CCCO2)cc1. The van der Waals surface area contributed by atoms with Gasteiger partial charge in [0.1, 0.15) is 11.9 Å². The van der Waals surface area contributed by atoms with Gasteiger partial charge < -0.3 is 9.47 Å². The predicted octanol–water partition coefficient (Wildman–Crippen LogP) is 2.84. The molecule has 0 aliphatic carbocycles. The Kier molecular flexibility index (Phi) is 3.79. The molecule has 1 aliphatic rings. The highest BCUT2D eigenvalue weighted by atomic mass is 16.5. The minimum atomic E-state index is -0.244. The summed E-state index contributed by atoms with van der Waals surface area (Å²) in [7, 11) is 0. The second kappa shape index (κ2) is 5.32. The first-order valence-electron chi connectivity index (χ1n) is 6.09. The molecule has 3 heteroatoms. The van der Waals surface area contributed by atoms with E-state index in [1.807, 2.05) is 38.1 Å². The maximum absolute atomic E-state index is 12.0. The molecule has 0 amide bonds. The summed E-state index contributed by atoms with van der Waals surface area (Å²) in [4.78, 5) is 12.0. The Labute approximate surface area is 102 Å². The molecule has 3 nitrogen and oxygen atoms in total. The molecule has 1 aromatic rings. The van der Waals surface area contributed by atoms with Gasteiger partial charge in [-0.1, -0.05) is 0 Å². The smallest absolute Gasteiger partial charge is 0.191 e. The number of Topliss-reactive ketones (excluding diaryl/α,β-unsaturated/α-hetero) is 1. The fourth-order valence-corrected chi connectivity index (χ4v) is 1.94. The van der Waals surface area contributed by atoms with Crippen LogP contribution in [-0.2, 0) is 4.74 Å². The highest BCUT2D eigenvalue weighted by Crippen LogP contribution is 2.19. The lowest BCUT2D eigenvalue weighted by Crippen LogP contribution is -2.19. The molecule has 1 unspecified atom stereocenters. The van der Waals surface area contributed by atoms with Crippen molar-refractivity contribution in [2.75, 3.05) is 6.61 Å². The van der Waals surface area contributed by atoms with Crippen LogP contribution in [0.25, 0.3) is 0 Å². The van der Waals surface area contributed by atoms with Crippen LogP contribution < -0.4 is 4.74 Å². The summed E-state index contributed by atoms with van der Waals surface area (Å²) in [5, 5.41) is 0. The van der Waals surface area contributed by atoms with Crippen molar-refractivity contribution in [3.05, 3.63) is 29.8 Å². The number of hydrogen-bond donors (Lipinski definition) is 0. The lowest BCUT2D eigenvalue weighted by Gasteiger charge is -2.11. The van der Waals surface area contributed by atoms with Gasteiger partial charge in [-0.2, -0.15) is 0 Å². The molecule has 2 rings (SSSR count). The van der Waals surface area contributed by atoms with Crippen molar-refractivity contribution >= 4 is 5.78 Å². The molecule has 0 radical (unpaired) electrons. The van der Waals surface area contributed by atoms with Crippen molar-refractivity contribution < 1.29 is 14.3 Å². The minimum Gasteiger partial charge on any atom is -0.491 e. The minimum absolute atomic E-state index is 0.0820. The highest BCUT2D eigenvalue weighted by Gasteiger charge is 2.24. The molecule has 0 saturated carbocycles. The summed E-state index contributed by atoms with van der Waals surface area (Å²) in [6.07, 6.45) is 1.72. The Morgan fingerprint density at radius 3 is 2.59 bits per heavy atom. The summed E-state index contributed by atoms with van der Waals surface area (Å²) in [5.74, 6) is 0.877. The van der Waals surface area contributed by atoms with E-state index in [0.29, 0.717) is 12.2 Å². The zero-order valence-corrected chi connectivity index (χ0v) is 10.3. The monoisotopic (exact) mass is 234 g/mol. The van der Waals surface area contributed by atoms with Crippen molar-refractivity contribution in [3.63, 3.8) is 0 Å². The summed E-state index contributed by atoms with van der Waals surface area (Å²) >= 11 is 0. The van der Waals surface area contributed by atoms with E-state index in [4.69, 9.17) is 9.47 Å². The number of benzene rings is 1. The molecule has 1 aliphatic heterocycles. The van der Waals surface area contributed by atoms with E-state index in [1.54, 1.807) is 0 Å². The number of hydrogen-bond acceptors (Lipinski definition) is 3. The summed E-state index contributed by atoms with van der Waals surface area (Å²) in [5.41, 5.74) is 0.702. The average Bonchev–Trinajstić information content (AvgIpc) is 2.82. The van der Waals surface area contributed by atoms with E-state index in [1.165, 1.54) is 0 Å². The first-order chi connectivity index (χ1) is 8.16. The maximum atomic E-state index is 12.0. The van der Waals surface area contributed by atoms with E-state index in [2.05, 4.69) is 0 Å².